The topological polar surface area (TPSA) is 78.5 Å². The van der Waals surface area contributed by atoms with E-state index < -0.39 is 23.9 Å². The summed E-state index contributed by atoms with van der Waals surface area (Å²) < 4.78 is 13.2. The molecule has 2 rings (SSSR count). The molecule has 0 saturated heterocycles. The largest absolute Gasteiger partial charge is 0.387 e. The molecule has 0 saturated carbocycles. The highest BCUT2D eigenvalue weighted by atomic mass is 19.1. The van der Waals surface area contributed by atoms with E-state index in [1.165, 1.54) is 0 Å². The molecule has 116 valence electrons. The Morgan fingerprint density at radius 2 is 2.05 bits per heavy atom. The fourth-order valence-corrected chi connectivity index (χ4v) is 2.08. The number of Topliss-reactive ketones (excluding diaryl/α,β-unsaturated/α-hetero) is 1. The van der Waals surface area contributed by atoms with E-state index in [9.17, 15) is 18.8 Å². The lowest BCUT2D eigenvalue weighted by molar-refractivity contribution is -0.134. The van der Waals surface area contributed by atoms with Gasteiger partial charge in [-0.05, 0) is 12.1 Å². The Balaban J connectivity index is 1.92. The summed E-state index contributed by atoms with van der Waals surface area (Å²) in [4.78, 5) is 35.8. The number of carbonyl (C=O) groups excluding carboxylic acids is 3. The predicted octanol–water partition coefficient (Wildman–Crippen LogP) is 1.07. The van der Waals surface area contributed by atoms with Crippen LogP contribution >= 0.6 is 0 Å². The number of nitrogens with zero attached hydrogens (tertiary/aromatic N) is 1. The number of anilines is 1. The first-order valence-corrected chi connectivity index (χ1v) is 6.78. The van der Waals surface area contributed by atoms with E-state index in [4.69, 9.17) is 0 Å². The van der Waals surface area contributed by atoms with Crippen molar-refractivity contribution in [2.45, 2.75) is 6.42 Å². The summed E-state index contributed by atoms with van der Waals surface area (Å²) in [7, 11) is 1.71. The normalized spacial score (nSPS) is 14.6. The number of carbonyl (C=O) groups is 3. The van der Waals surface area contributed by atoms with Gasteiger partial charge in [0, 0.05) is 32.0 Å². The van der Waals surface area contributed by atoms with Gasteiger partial charge < -0.3 is 15.5 Å². The third-order valence-electron chi connectivity index (χ3n) is 3.25. The zero-order valence-corrected chi connectivity index (χ0v) is 12.1. The first-order chi connectivity index (χ1) is 10.5. The van der Waals surface area contributed by atoms with Gasteiger partial charge in [0.1, 0.15) is 0 Å². The maximum atomic E-state index is 13.2. The Kier molecular flexibility index (Phi) is 4.88. The molecule has 1 heterocycles. The van der Waals surface area contributed by atoms with Crippen LogP contribution in [-0.4, -0.2) is 42.6 Å². The minimum absolute atomic E-state index is 0.104. The highest BCUT2D eigenvalue weighted by Crippen LogP contribution is 2.14. The molecule has 2 amide bonds. The molecular formula is C15H16FN3O3. The maximum Gasteiger partial charge on any atom is 0.253 e. The predicted molar refractivity (Wildman–Crippen MR) is 78.8 cm³/mol. The van der Waals surface area contributed by atoms with Gasteiger partial charge in [-0.2, -0.15) is 0 Å². The average molecular weight is 305 g/mol. The van der Waals surface area contributed by atoms with Gasteiger partial charge in [0.25, 0.3) is 5.91 Å². The molecule has 0 aromatic heterocycles. The summed E-state index contributed by atoms with van der Waals surface area (Å²) in [6.07, 6.45) is 0.404. The van der Waals surface area contributed by atoms with Crippen molar-refractivity contribution in [2.75, 3.05) is 25.5 Å². The third kappa shape index (κ3) is 3.49. The van der Waals surface area contributed by atoms with Gasteiger partial charge in [-0.1, -0.05) is 12.1 Å². The van der Waals surface area contributed by atoms with Crippen LogP contribution in [0, 0.1) is 0 Å². The van der Waals surface area contributed by atoms with Crippen molar-refractivity contribution in [3.8, 4) is 0 Å². The molecule has 0 unspecified atom stereocenters. The second-order valence-electron chi connectivity index (χ2n) is 4.72. The molecule has 7 heteroatoms. The SMILES string of the molecule is CNc1ccccc1C(=O)NCCN1C=C(F)C(=O)CC1=O. The molecule has 6 nitrogen and oxygen atoms in total. The van der Waals surface area contributed by atoms with Crippen molar-refractivity contribution in [1.29, 1.82) is 0 Å². The van der Waals surface area contributed by atoms with Crippen molar-refractivity contribution < 1.29 is 18.8 Å². The van der Waals surface area contributed by atoms with E-state index in [2.05, 4.69) is 10.6 Å². The maximum absolute atomic E-state index is 13.2. The van der Waals surface area contributed by atoms with E-state index in [1.807, 2.05) is 0 Å². The molecule has 0 fully saturated rings. The number of hydrogen-bond donors (Lipinski definition) is 2. The molecule has 0 spiro atoms. The standard InChI is InChI=1S/C15H16FN3O3/c1-17-12-5-3-2-4-10(12)15(22)18-6-7-19-9-11(16)13(20)8-14(19)21/h2-5,9,17H,6-8H2,1H3,(H,18,22). The zero-order valence-electron chi connectivity index (χ0n) is 12.1. The number of halogens is 1. The van der Waals surface area contributed by atoms with Gasteiger partial charge in [-0.25, -0.2) is 4.39 Å². The number of benzene rings is 1. The van der Waals surface area contributed by atoms with E-state index >= 15 is 0 Å². The lowest BCUT2D eigenvalue weighted by Gasteiger charge is -2.21. The molecule has 0 radical (unpaired) electrons. The van der Waals surface area contributed by atoms with Gasteiger partial charge in [-0.15, -0.1) is 0 Å². The van der Waals surface area contributed by atoms with Crippen molar-refractivity contribution in [1.82, 2.24) is 10.2 Å². The average Bonchev–Trinajstić information content (AvgIpc) is 2.52. The van der Waals surface area contributed by atoms with E-state index in [0.717, 1.165) is 11.1 Å². The Bertz CT molecular complexity index is 643. The van der Waals surface area contributed by atoms with Crippen LogP contribution in [0.4, 0.5) is 10.1 Å². The molecule has 22 heavy (non-hydrogen) atoms. The Labute approximate surface area is 127 Å². The fraction of sp³-hybridized carbons (Fsp3) is 0.267. The summed E-state index contributed by atoms with van der Waals surface area (Å²) in [5.74, 6) is -2.52. The van der Waals surface area contributed by atoms with E-state index in [-0.39, 0.29) is 19.0 Å². The number of hydrogen-bond acceptors (Lipinski definition) is 4. The zero-order chi connectivity index (χ0) is 16.1. The lowest BCUT2D eigenvalue weighted by Crippen LogP contribution is -2.38. The van der Waals surface area contributed by atoms with Crippen molar-refractivity contribution in [2.24, 2.45) is 0 Å². The molecule has 0 atom stereocenters. The summed E-state index contributed by atoms with van der Waals surface area (Å²) >= 11 is 0. The summed E-state index contributed by atoms with van der Waals surface area (Å²) in [6.45, 7) is 0.258. The van der Waals surface area contributed by atoms with Crippen LogP contribution in [0.2, 0.25) is 0 Å². The van der Waals surface area contributed by atoms with Gasteiger partial charge in [0.05, 0.1) is 12.0 Å². The highest BCUT2D eigenvalue weighted by Gasteiger charge is 2.25. The van der Waals surface area contributed by atoms with Crippen LogP contribution in [0.3, 0.4) is 0 Å². The first-order valence-electron chi connectivity index (χ1n) is 6.78. The van der Waals surface area contributed by atoms with Crippen LogP contribution in [0.25, 0.3) is 0 Å². The smallest absolute Gasteiger partial charge is 0.253 e. The number of amides is 2. The van der Waals surface area contributed by atoms with Gasteiger partial charge in [-0.3, -0.25) is 14.4 Å². The van der Waals surface area contributed by atoms with Gasteiger partial charge in [0.15, 0.2) is 5.83 Å². The summed E-state index contributed by atoms with van der Waals surface area (Å²) in [5, 5.41) is 5.57. The quantitative estimate of drug-likeness (QED) is 0.798. The Morgan fingerprint density at radius 3 is 2.77 bits per heavy atom. The molecule has 2 N–H and O–H groups in total. The first kappa shape index (κ1) is 15.7. The monoisotopic (exact) mass is 305 g/mol. The van der Waals surface area contributed by atoms with Crippen LogP contribution in [-0.2, 0) is 9.59 Å². The van der Waals surface area contributed by atoms with E-state index in [1.54, 1.807) is 31.3 Å². The molecule has 0 bridgehead atoms. The second-order valence-corrected chi connectivity index (χ2v) is 4.72. The molecule has 1 aromatic carbocycles. The fourth-order valence-electron chi connectivity index (χ4n) is 2.08. The van der Waals surface area contributed by atoms with Crippen molar-refractivity contribution >= 4 is 23.3 Å². The minimum atomic E-state index is -0.938. The van der Waals surface area contributed by atoms with Gasteiger partial charge in [0.2, 0.25) is 11.7 Å². The Morgan fingerprint density at radius 1 is 1.32 bits per heavy atom. The van der Waals surface area contributed by atoms with Crippen molar-refractivity contribution in [3.63, 3.8) is 0 Å². The molecular weight excluding hydrogens is 289 g/mol. The molecule has 1 aliphatic rings. The van der Waals surface area contributed by atoms with Crippen LogP contribution < -0.4 is 10.6 Å². The number of rotatable bonds is 5. The number of para-hydroxylation sites is 1. The third-order valence-corrected chi connectivity index (χ3v) is 3.25. The van der Waals surface area contributed by atoms with Crippen molar-refractivity contribution in [3.05, 3.63) is 41.9 Å². The highest BCUT2D eigenvalue weighted by molar-refractivity contribution is 6.08. The second kappa shape index (κ2) is 6.84. The summed E-state index contributed by atoms with van der Waals surface area (Å²) in [5.41, 5.74) is 1.16. The number of nitrogens with one attached hydrogen (secondary N) is 2. The molecule has 1 aliphatic heterocycles. The van der Waals surface area contributed by atoms with E-state index in [0.29, 0.717) is 11.3 Å². The molecule has 0 aliphatic carbocycles. The van der Waals surface area contributed by atoms with Crippen LogP contribution in [0.1, 0.15) is 16.8 Å². The minimum Gasteiger partial charge on any atom is -0.387 e. The number of ketones is 1. The molecule has 1 aromatic rings. The summed E-state index contributed by atoms with van der Waals surface area (Å²) in [6, 6.07) is 6.99. The lowest BCUT2D eigenvalue weighted by atomic mass is 10.1. The number of allylic oxidation sites excluding steroid dienone is 1. The van der Waals surface area contributed by atoms with Crippen LogP contribution in [0.5, 0.6) is 0 Å². The van der Waals surface area contributed by atoms with Crippen LogP contribution in [0.15, 0.2) is 36.3 Å². The van der Waals surface area contributed by atoms with Gasteiger partial charge >= 0.3 is 0 Å². The Hall–Kier alpha value is -2.70.